The Labute approximate surface area is 451 Å². The van der Waals surface area contributed by atoms with Gasteiger partial charge in [0.15, 0.2) is 17.1 Å². The third-order valence-electron chi connectivity index (χ3n) is 13.0. The second-order valence-corrected chi connectivity index (χ2v) is 18.2. The van der Waals surface area contributed by atoms with Crippen molar-refractivity contribution in [3.63, 3.8) is 0 Å². The van der Waals surface area contributed by atoms with E-state index in [1.54, 1.807) is 0 Å². The molecule has 5 aromatic rings. The average molecular weight is 1010 g/mol. The van der Waals surface area contributed by atoms with E-state index in [-0.39, 0.29) is 0 Å². The Hall–Kier alpha value is -9.02. The Morgan fingerprint density at radius 1 is 0.303 bits per heavy atom. The van der Waals surface area contributed by atoms with Gasteiger partial charge in [-0.15, -0.1) is 0 Å². The lowest BCUT2D eigenvalue weighted by molar-refractivity contribution is 0.708. The van der Waals surface area contributed by atoms with Crippen LogP contribution in [0.25, 0.3) is 9.69 Å². The van der Waals surface area contributed by atoms with Gasteiger partial charge in [0.1, 0.15) is 0 Å². The van der Waals surface area contributed by atoms with Crippen LogP contribution < -0.4 is 29.4 Å². The maximum atomic E-state index is 9.29. The molecule has 5 aromatic carbocycles. The zero-order valence-corrected chi connectivity index (χ0v) is 43.8. The summed E-state index contributed by atoms with van der Waals surface area (Å²) in [6.07, 6.45) is 8.56. The molecule has 14 nitrogen and oxygen atoms in total. The number of anilines is 10. The molecule has 0 aliphatic heterocycles. The standard InChI is InChI=1S/C62H68N14/c1-69-43-15-51-73(49-13-7-41-67)55-21-29-59(30-22-55)76(60-31-23-56(24-32-60)74(50-14-8-42-68)52-16-44-70-2)62-35-33-61(34-36-62)75(57-25-17-53(18-26-57)71(45-9-3-37-63)46-10-4-38-64)58-27-19-54(20-28-58)72(47-11-5-39-65)48-12-6-40-66/h17-36H,3-16,43-52H2/q+1. The molecule has 0 unspecified atom stereocenters. The fraction of sp³-hybridized carbons (Fsp3) is 0.387. The average Bonchev–Trinajstić information content (AvgIpc) is 3.46. The molecule has 0 atom stereocenters. The van der Waals surface area contributed by atoms with E-state index in [4.69, 9.17) is 13.1 Å². The topological polar surface area (TPSA) is 174 Å². The Kier molecular flexibility index (Phi) is 25.6. The van der Waals surface area contributed by atoms with Crippen LogP contribution in [0.2, 0.25) is 0 Å². The Morgan fingerprint density at radius 2 is 0.500 bits per heavy atom. The summed E-state index contributed by atoms with van der Waals surface area (Å²) in [6, 6.07) is 55.9. The largest absolute Gasteiger partial charge is 0.371 e. The zero-order chi connectivity index (χ0) is 54.0. The van der Waals surface area contributed by atoms with Crippen LogP contribution in [0, 0.1) is 81.1 Å². The van der Waals surface area contributed by atoms with Crippen LogP contribution >= 0.6 is 0 Å². The van der Waals surface area contributed by atoms with Crippen LogP contribution in [-0.4, -0.2) is 65.4 Å². The summed E-state index contributed by atoms with van der Waals surface area (Å²) in [5.41, 5.74) is 9.70. The van der Waals surface area contributed by atoms with Crippen molar-refractivity contribution in [2.24, 2.45) is 0 Å². The number of hydrogen-bond acceptors (Lipinski definition) is 12. The first kappa shape index (κ1) is 57.9. The summed E-state index contributed by atoms with van der Waals surface area (Å²) in [4.78, 5) is 20.6. The third-order valence-corrected chi connectivity index (χ3v) is 13.0. The minimum Gasteiger partial charge on any atom is -0.371 e. The lowest BCUT2D eigenvalue weighted by Gasteiger charge is -2.29. The second-order valence-electron chi connectivity index (χ2n) is 18.2. The molecule has 76 heavy (non-hydrogen) atoms. The van der Waals surface area contributed by atoms with Gasteiger partial charge in [0.05, 0.1) is 36.4 Å². The molecule has 0 aliphatic carbocycles. The van der Waals surface area contributed by atoms with Gasteiger partial charge in [-0.1, -0.05) is 4.90 Å². The predicted molar refractivity (Wildman–Crippen MR) is 305 cm³/mol. The molecule has 1 radical (unpaired) electrons. The van der Waals surface area contributed by atoms with Crippen LogP contribution in [0.5, 0.6) is 0 Å². The number of benzene rings is 5. The van der Waals surface area contributed by atoms with E-state index in [2.05, 4.69) is 197 Å². The molecule has 5 rings (SSSR count). The van der Waals surface area contributed by atoms with E-state index in [1.807, 2.05) is 0 Å². The van der Waals surface area contributed by atoms with Crippen LogP contribution in [-0.2, 0) is 0 Å². The van der Waals surface area contributed by atoms with Crippen LogP contribution in [0.3, 0.4) is 0 Å². The van der Waals surface area contributed by atoms with E-state index in [9.17, 15) is 31.6 Å². The minimum atomic E-state index is 0.441. The van der Waals surface area contributed by atoms with Crippen LogP contribution in [0.4, 0.5) is 56.9 Å². The van der Waals surface area contributed by atoms with E-state index in [0.29, 0.717) is 104 Å². The summed E-state index contributed by atoms with van der Waals surface area (Å²) in [5, 5.41) is 55.7. The number of nitriles is 6. The Balaban J connectivity index is 1.59. The highest BCUT2D eigenvalue weighted by Crippen LogP contribution is 2.41. The normalized spacial score (nSPS) is 10.3. The van der Waals surface area contributed by atoms with Gasteiger partial charge in [-0.25, -0.2) is 13.1 Å². The molecule has 0 aromatic heterocycles. The van der Waals surface area contributed by atoms with Gasteiger partial charge in [-0.3, -0.25) is 0 Å². The van der Waals surface area contributed by atoms with Crippen molar-refractivity contribution in [1.82, 2.24) is 4.90 Å². The SMILES string of the molecule is [C-]#[N+]CCCN(CCCC#N)c1ccc([N+](c2ccc(N(CCCC#N)CCC[N+]#[C-])cc2)c2ccc(N(c3ccc(N(CCCC#N)CCCC#N)cc3)c3ccc(N(CCCC#N)CCCC#N)cc3)cc2)cc1. The second kappa shape index (κ2) is 33.7. The third kappa shape index (κ3) is 18.2. The van der Waals surface area contributed by atoms with Crippen molar-refractivity contribution in [1.29, 1.82) is 31.6 Å². The molecule has 0 fully saturated rings. The molecule has 0 saturated carbocycles. The summed E-state index contributed by atoms with van der Waals surface area (Å²) >= 11 is 0. The van der Waals surface area contributed by atoms with Gasteiger partial charge in [-0.2, -0.15) is 31.6 Å². The fourth-order valence-electron chi connectivity index (χ4n) is 9.15. The molecule has 14 heteroatoms. The summed E-state index contributed by atoms with van der Waals surface area (Å²) < 4.78 is 0. The molecule has 0 N–H and O–H groups in total. The number of hydrogen-bond donors (Lipinski definition) is 0. The highest BCUT2D eigenvalue weighted by molar-refractivity contribution is 5.80. The monoisotopic (exact) mass is 1010 g/mol. The predicted octanol–water partition coefficient (Wildman–Crippen LogP) is 14.3. The van der Waals surface area contributed by atoms with Crippen molar-refractivity contribution in [3.8, 4) is 36.4 Å². The number of unbranched alkanes of at least 4 members (excludes halogenated alkanes) is 6. The summed E-state index contributed by atoms with van der Waals surface area (Å²) in [7, 11) is 0. The van der Waals surface area contributed by atoms with Gasteiger partial charge in [-0.05, 0) is 123 Å². The molecule has 385 valence electrons. The molecule has 0 saturated heterocycles. The molecule has 0 amide bonds. The molecular weight excluding hydrogens is 941 g/mol. The van der Waals surface area contributed by atoms with Crippen molar-refractivity contribution in [3.05, 3.63) is 144 Å². The molecule has 0 bridgehead atoms. The van der Waals surface area contributed by atoms with E-state index in [1.165, 1.54) is 0 Å². The highest BCUT2D eigenvalue weighted by atomic mass is 15.2. The van der Waals surface area contributed by atoms with Gasteiger partial charge < -0.3 is 34.2 Å². The minimum absolute atomic E-state index is 0.441. The van der Waals surface area contributed by atoms with Crippen LogP contribution in [0.1, 0.15) is 89.9 Å². The lowest BCUT2D eigenvalue weighted by atomic mass is 10.1. The number of nitrogens with zero attached hydrogens (tertiary/aromatic N) is 14. The molecule has 0 spiro atoms. The van der Waals surface area contributed by atoms with Crippen molar-refractivity contribution in [2.45, 2.75) is 89.9 Å². The maximum absolute atomic E-state index is 9.29. The smallest absolute Gasteiger partial charge is 0.216 e. The fourth-order valence-corrected chi connectivity index (χ4v) is 9.15. The summed E-state index contributed by atoms with van der Waals surface area (Å²) in [5.74, 6) is 0. The van der Waals surface area contributed by atoms with E-state index >= 15 is 0 Å². The maximum Gasteiger partial charge on any atom is 0.216 e. The van der Waals surface area contributed by atoms with Gasteiger partial charge in [0, 0.05) is 180 Å². The zero-order valence-electron chi connectivity index (χ0n) is 43.8. The van der Waals surface area contributed by atoms with Crippen molar-refractivity contribution in [2.75, 3.05) is 89.9 Å². The Bertz CT molecular complexity index is 2390. The first-order chi connectivity index (χ1) is 37.4. The summed E-state index contributed by atoms with van der Waals surface area (Å²) in [6.45, 7) is 21.2. The molecular formula is C62H68N14+. The van der Waals surface area contributed by atoms with Crippen molar-refractivity contribution >= 4 is 56.9 Å². The number of rotatable bonds is 34. The Morgan fingerprint density at radius 3 is 0.724 bits per heavy atom. The van der Waals surface area contributed by atoms with Gasteiger partial charge >= 0.3 is 0 Å². The molecule has 0 aliphatic rings. The van der Waals surface area contributed by atoms with Gasteiger partial charge in [0.25, 0.3) is 0 Å². The quantitative estimate of drug-likeness (QED) is 0.0218. The lowest BCUT2D eigenvalue weighted by Crippen LogP contribution is -2.26. The van der Waals surface area contributed by atoms with Crippen molar-refractivity contribution < 1.29 is 0 Å². The van der Waals surface area contributed by atoms with E-state index < -0.39 is 0 Å². The van der Waals surface area contributed by atoms with Gasteiger partial charge in [0.2, 0.25) is 13.1 Å². The van der Waals surface area contributed by atoms with Crippen LogP contribution in [0.15, 0.2) is 121 Å². The van der Waals surface area contributed by atoms with E-state index in [0.717, 1.165) is 108 Å². The molecule has 0 heterocycles. The first-order valence-electron chi connectivity index (χ1n) is 26.4. The first-order valence-corrected chi connectivity index (χ1v) is 26.4. The highest BCUT2D eigenvalue weighted by Gasteiger charge is 2.28.